The maximum atomic E-state index is 3.24. The molecule has 0 nitrogen and oxygen atoms in total. The van der Waals surface area contributed by atoms with Crippen LogP contribution in [0.5, 0.6) is 0 Å². The van der Waals surface area contributed by atoms with Gasteiger partial charge < -0.3 is 0 Å². The van der Waals surface area contributed by atoms with Gasteiger partial charge in [0.1, 0.15) is 0 Å². The Bertz CT molecular complexity index is 494. The van der Waals surface area contributed by atoms with Crippen molar-refractivity contribution >= 4 is 21.5 Å². The van der Waals surface area contributed by atoms with Crippen LogP contribution in [0, 0.1) is 6.07 Å². The van der Waals surface area contributed by atoms with Crippen molar-refractivity contribution in [1.29, 1.82) is 0 Å². The fourth-order valence-corrected chi connectivity index (χ4v) is 1.81. The first-order chi connectivity index (χ1) is 6.93. The molecule has 3 aromatic carbocycles. The van der Waals surface area contributed by atoms with Crippen molar-refractivity contribution in [2.75, 3.05) is 0 Å². The normalized spacial score (nSPS) is 10.1. The molecule has 0 spiro atoms. The van der Waals surface area contributed by atoms with Crippen molar-refractivity contribution in [3.63, 3.8) is 0 Å². The second kappa shape index (κ2) is 4.77. The van der Waals surface area contributed by atoms with Gasteiger partial charge in [0.15, 0.2) is 0 Å². The van der Waals surface area contributed by atoms with E-state index in [1.54, 1.807) is 0 Å². The minimum Gasteiger partial charge on any atom is -0.147 e. The van der Waals surface area contributed by atoms with E-state index in [0.29, 0.717) is 0 Å². The Morgan fingerprint density at radius 1 is 0.733 bits per heavy atom. The van der Waals surface area contributed by atoms with Crippen molar-refractivity contribution in [2.45, 2.75) is 0 Å². The predicted molar refractivity (Wildman–Crippen MR) is 60.3 cm³/mol. The maximum absolute atomic E-state index is 3.24. The number of hydrogen-bond donors (Lipinski definition) is 0. The molecular formula is C14H9K. The molecule has 0 N–H and O–H groups in total. The van der Waals surface area contributed by atoms with Gasteiger partial charge in [0.05, 0.1) is 0 Å². The zero-order chi connectivity index (χ0) is 9.38. The average molecular weight is 216 g/mol. The second-order valence-electron chi connectivity index (χ2n) is 3.46. The number of benzene rings is 3. The van der Waals surface area contributed by atoms with Gasteiger partial charge in [-0.05, 0) is 5.39 Å². The van der Waals surface area contributed by atoms with Crippen LogP contribution in [-0.4, -0.2) is 0 Å². The number of rotatable bonds is 0. The van der Waals surface area contributed by atoms with Crippen LogP contribution in [-0.2, 0) is 0 Å². The third-order valence-electron chi connectivity index (χ3n) is 2.53. The third-order valence-corrected chi connectivity index (χ3v) is 2.53. The molecule has 0 aliphatic rings. The molecule has 0 aliphatic carbocycles. The third kappa shape index (κ3) is 2.17. The molecule has 15 heavy (non-hydrogen) atoms. The zero-order valence-electron chi connectivity index (χ0n) is 8.70. The van der Waals surface area contributed by atoms with Gasteiger partial charge in [-0.3, -0.25) is 0 Å². The summed E-state index contributed by atoms with van der Waals surface area (Å²) in [4.78, 5) is 0. The monoisotopic (exact) mass is 216 g/mol. The van der Waals surface area contributed by atoms with Gasteiger partial charge in [-0.15, -0.1) is 41.1 Å². The Labute approximate surface area is 132 Å². The van der Waals surface area contributed by atoms with Gasteiger partial charge in [0.25, 0.3) is 0 Å². The van der Waals surface area contributed by atoms with Gasteiger partial charge in [-0.25, -0.2) is 0 Å². The van der Waals surface area contributed by atoms with E-state index in [0.717, 1.165) is 0 Å². The van der Waals surface area contributed by atoms with Crippen molar-refractivity contribution in [2.24, 2.45) is 0 Å². The minimum absolute atomic E-state index is 0. The molecule has 66 valence electrons. The SMILES string of the molecule is [K+].[c-]1cccc2cc3ccccc3cc12. The topological polar surface area (TPSA) is 0 Å². The van der Waals surface area contributed by atoms with Gasteiger partial charge in [-0.1, -0.05) is 35.7 Å². The molecule has 0 unspecified atom stereocenters. The summed E-state index contributed by atoms with van der Waals surface area (Å²) in [5.74, 6) is 0. The molecule has 0 atom stereocenters. The van der Waals surface area contributed by atoms with Gasteiger partial charge in [-0.2, -0.15) is 0 Å². The molecule has 0 aromatic heterocycles. The largest absolute Gasteiger partial charge is 1.00 e. The van der Waals surface area contributed by atoms with Crippen molar-refractivity contribution in [3.8, 4) is 0 Å². The van der Waals surface area contributed by atoms with E-state index in [4.69, 9.17) is 0 Å². The average Bonchev–Trinajstić information content (AvgIpc) is 2.26. The molecule has 0 heterocycles. The van der Waals surface area contributed by atoms with Crippen LogP contribution in [0.1, 0.15) is 0 Å². The summed E-state index contributed by atoms with van der Waals surface area (Å²) >= 11 is 0. The molecule has 0 fully saturated rings. The van der Waals surface area contributed by atoms with E-state index in [2.05, 4.69) is 48.5 Å². The fraction of sp³-hybridized carbons (Fsp3) is 0. The van der Waals surface area contributed by atoms with Crippen LogP contribution in [0.15, 0.2) is 54.6 Å². The van der Waals surface area contributed by atoms with E-state index in [1.807, 2.05) is 12.1 Å². The molecule has 0 saturated heterocycles. The van der Waals surface area contributed by atoms with E-state index in [-0.39, 0.29) is 51.4 Å². The first kappa shape index (κ1) is 11.3. The van der Waals surface area contributed by atoms with Crippen LogP contribution in [0.3, 0.4) is 0 Å². The van der Waals surface area contributed by atoms with Crippen LogP contribution in [0.25, 0.3) is 21.5 Å². The van der Waals surface area contributed by atoms with E-state index >= 15 is 0 Å². The van der Waals surface area contributed by atoms with Crippen LogP contribution in [0.2, 0.25) is 0 Å². The van der Waals surface area contributed by atoms with Crippen molar-refractivity contribution in [3.05, 3.63) is 60.7 Å². The molecule has 3 aromatic rings. The van der Waals surface area contributed by atoms with Crippen LogP contribution in [0.4, 0.5) is 0 Å². The molecule has 0 bridgehead atoms. The summed E-state index contributed by atoms with van der Waals surface area (Å²) in [5.41, 5.74) is 0. The van der Waals surface area contributed by atoms with Gasteiger partial charge in [0, 0.05) is 0 Å². The Morgan fingerprint density at radius 3 is 2.20 bits per heavy atom. The minimum atomic E-state index is 0. The smallest absolute Gasteiger partial charge is 0.147 e. The van der Waals surface area contributed by atoms with Crippen LogP contribution >= 0.6 is 0 Å². The summed E-state index contributed by atoms with van der Waals surface area (Å²) in [5, 5.41) is 5.01. The fourth-order valence-electron chi connectivity index (χ4n) is 1.81. The molecule has 0 aliphatic heterocycles. The maximum Gasteiger partial charge on any atom is 1.00 e. The summed E-state index contributed by atoms with van der Waals surface area (Å²) in [6.45, 7) is 0. The Balaban J connectivity index is 0.000000853. The first-order valence-electron chi connectivity index (χ1n) is 4.73. The van der Waals surface area contributed by atoms with Crippen molar-refractivity contribution in [1.82, 2.24) is 0 Å². The van der Waals surface area contributed by atoms with E-state index in [9.17, 15) is 0 Å². The number of hydrogen-bond acceptors (Lipinski definition) is 0. The summed E-state index contributed by atoms with van der Waals surface area (Å²) < 4.78 is 0. The summed E-state index contributed by atoms with van der Waals surface area (Å²) in [6.07, 6.45) is 0. The van der Waals surface area contributed by atoms with Crippen LogP contribution < -0.4 is 51.4 Å². The number of fused-ring (bicyclic) bond motifs is 2. The quantitative estimate of drug-likeness (QED) is 0.296. The zero-order valence-corrected chi connectivity index (χ0v) is 11.8. The molecule has 0 amide bonds. The van der Waals surface area contributed by atoms with E-state index < -0.39 is 0 Å². The summed E-state index contributed by atoms with van der Waals surface area (Å²) in [7, 11) is 0. The standard InChI is InChI=1S/C14H9.K/c1-2-6-12-10-14-8-4-3-7-13(14)9-11(12)5-1;/h1-7,9-10H;/q-1;+1. The first-order valence-corrected chi connectivity index (χ1v) is 4.73. The Morgan fingerprint density at radius 2 is 1.40 bits per heavy atom. The summed E-state index contributed by atoms with van der Waals surface area (Å²) in [6, 6.07) is 22.2. The predicted octanol–water partition coefficient (Wildman–Crippen LogP) is 0.797. The molecular weight excluding hydrogens is 207 g/mol. The molecule has 0 saturated carbocycles. The molecule has 3 rings (SSSR count). The van der Waals surface area contributed by atoms with Gasteiger partial charge in [0.2, 0.25) is 0 Å². The molecule has 1 heteroatoms. The molecule has 0 radical (unpaired) electrons. The Kier molecular flexibility index (Phi) is 3.59. The van der Waals surface area contributed by atoms with E-state index in [1.165, 1.54) is 21.5 Å². The second-order valence-corrected chi connectivity index (χ2v) is 3.46. The van der Waals surface area contributed by atoms with Gasteiger partial charge >= 0.3 is 51.4 Å². The Hall–Kier alpha value is -0.184. The van der Waals surface area contributed by atoms with Crippen molar-refractivity contribution < 1.29 is 51.4 Å².